The van der Waals surface area contributed by atoms with Crippen LogP contribution in [0.5, 0.6) is 11.5 Å². The highest BCUT2D eigenvalue weighted by atomic mass is 16.5. The molecule has 1 saturated heterocycles. The lowest BCUT2D eigenvalue weighted by Gasteiger charge is -2.63. The first kappa shape index (κ1) is 25.4. The largest absolute Gasteiger partial charge is 0.493 e. The molecular weight excluding hydrogens is 556 g/mol. The fourth-order valence-corrected chi connectivity index (χ4v) is 10.7. The van der Waals surface area contributed by atoms with Gasteiger partial charge < -0.3 is 19.1 Å². The van der Waals surface area contributed by atoms with Crippen LogP contribution < -0.4 is 9.47 Å². The van der Waals surface area contributed by atoms with E-state index in [1.165, 1.54) is 73.6 Å². The Balaban J connectivity index is 1.24. The maximum Gasteiger partial charge on any atom is 0.166 e. The molecule has 4 aromatic carbocycles. The Bertz CT molecular complexity index is 2090. The highest BCUT2D eigenvalue weighted by Gasteiger charge is 2.73. The van der Waals surface area contributed by atoms with Crippen molar-refractivity contribution in [2.24, 2.45) is 5.92 Å². The van der Waals surface area contributed by atoms with Crippen molar-refractivity contribution in [1.29, 1.82) is 0 Å². The molecular formula is C40H38N2O3. The van der Waals surface area contributed by atoms with Gasteiger partial charge in [0, 0.05) is 41.9 Å². The van der Waals surface area contributed by atoms with Gasteiger partial charge in [-0.2, -0.15) is 0 Å². The Labute approximate surface area is 263 Å². The minimum Gasteiger partial charge on any atom is -0.493 e. The van der Waals surface area contributed by atoms with E-state index >= 15 is 0 Å². The molecule has 2 bridgehead atoms. The molecule has 11 rings (SSSR count). The molecule has 0 amide bonds. The van der Waals surface area contributed by atoms with Gasteiger partial charge in [0.05, 0.1) is 29.3 Å². The number of likely N-dealkylation sites (tertiary alicyclic amines) is 1. The number of hydrogen-bond acceptors (Lipinski definition) is 4. The summed E-state index contributed by atoms with van der Waals surface area (Å²) in [6, 6.07) is 24.7. The van der Waals surface area contributed by atoms with Crippen LogP contribution in [0.15, 0.2) is 66.7 Å². The molecule has 5 heteroatoms. The van der Waals surface area contributed by atoms with Crippen LogP contribution in [-0.2, 0) is 37.6 Å². The van der Waals surface area contributed by atoms with Crippen LogP contribution in [0.4, 0.5) is 0 Å². The van der Waals surface area contributed by atoms with Gasteiger partial charge in [-0.15, -0.1) is 0 Å². The highest BCUT2D eigenvalue weighted by molar-refractivity contribution is 6.11. The first-order valence-corrected chi connectivity index (χ1v) is 17.0. The van der Waals surface area contributed by atoms with Crippen molar-refractivity contribution in [3.8, 4) is 11.5 Å². The molecule has 226 valence electrons. The number of ether oxygens (including phenoxy) is 2. The zero-order valence-electron chi connectivity index (χ0n) is 25.8. The summed E-state index contributed by atoms with van der Waals surface area (Å²) in [5, 5.41) is 17.7. The minimum absolute atomic E-state index is 0.0766. The molecule has 3 heterocycles. The second-order valence-electron chi connectivity index (χ2n) is 14.8. The van der Waals surface area contributed by atoms with Crippen LogP contribution in [0.3, 0.4) is 0 Å². The third-order valence-corrected chi connectivity index (χ3v) is 12.8. The van der Waals surface area contributed by atoms with Gasteiger partial charge in [-0.1, -0.05) is 54.6 Å². The van der Waals surface area contributed by atoms with E-state index in [0.29, 0.717) is 6.42 Å². The predicted octanol–water partition coefficient (Wildman–Crippen LogP) is 6.65. The molecule has 1 N–H and O–H groups in total. The second kappa shape index (κ2) is 8.51. The van der Waals surface area contributed by atoms with Gasteiger partial charge in [-0.3, -0.25) is 4.90 Å². The SMILES string of the molecule is COc1ccc2c3c1OC1c4c(c5cc6c7c(cccc7c5n4Cc4ccccc4)CC6)CC4(O)[C@@H](C2)N(CC2CC2)CC[C@]314. The van der Waals surface area contributed by atoms with Crippen LogP contribution in [0.1, 0.15) is 64.4 Å². The number of aryl methyl sites for hydroxylation is 2. The monoisotopic (exact) mass is 594 g/mol. The van der Waals surface area contributed by atoms with Gasteiger partial charge in [-0.25, -0.2) is 0 Å². The number of aromatic nitrogens is 1. The Kier molecular flexibility index (Phi) is 4.80. The zero-order chi connectivity index (χ0) is 29.7. The van der Waals surface area contributed by atoms with Crippen LogP contribution in [0.25, 0.3) is 21.7 Å². The number of hydrogen-bond donors (Lipinski definition) is 1. The number of aliphatic hydroxyl groups is 1. The van der Waals surface area contributed by atoms with Crippen molar-refractivity contribution in [3.05, 3.63) is 106 Å². The van der Waals surface area contributed by atoms with E-state index in [1.54, 1.807) is 7.11 Å². The standard InChI is InChI=1S/C40H38N2O3/c1-44-31-15-14-27-19-32-40(43)20-30-29-18-26-13-12-25-8-5-9-28(33(25)26)35(29)42(22-23-6-3-2-4-7-23)36(30)38-39(40,34(27)37(31)45-38)16-17-41(32)21-24-10-11-24/h2-9,14-15,18,24,32,38,43H,10-13,16-17,19-22H2,1H3/t32-,38?,39+,40?/m1/s1. The van der Waals surface area contributed by atoms with E-state index in [0.717, 1.165) is 62.7 Å². The van der Waals surface area contributed by atoms with Crippen molar-refractivity contribution in [2.75, 3.05) is 20.2 Å². The first-order valence-electron chi connectivity index (χ1n) is 17.0. The normalized spacial score (nSPS) is 28.8. The Morgan fingerprint density at radius 3 is 2.67 bits per heavy atom. The maximum absolute atomic E-state index is 13.6. The topological polar surface area (TPSA) is 46.9 Å². The lowest BCUT2D eigenvalue weighted by molar-refractivity contribution is -0.173. The Morgan fingerprint density at radius 2 is 1.82 bits per heavy atom. The molecule has 5 nitrogen and oxygen atoms in total. The average Bonchev–Trinajstić information content (AvgIpc) is 3.55. The van der Waals surface area contributed by atoms with Crippen LogP contribution >= 0.6 is 0 Å². The third-order valence-electron chi connectivity index (χ3n) is 12.8. The number of benzene rings is 4. The highest BCUT2D eigenvalue weighted by Crippen LogP contribution is 2.69. The minimum atomic E-state index is -0.925. The van der Waals surface area contributed by atoms with Crippen LogP contribution in [-0.4, -0.2) is 46.4 Å². The quantitative estimate of drug-likeness (QED) is 0.248. The van der Waals surface area contributed by atoms with Gasteiger partial charge in [0.2, 0.25) is 0 Å². The van der Waals surface area contributed by atoms with Gasteiger partial charge in [-0.05, 0) is 96.3 Å². The molecule has 1 saturated carbocycles. The second-order valence-corrected chi connectivity index (χ2v) is 14.8. The number of piperidine rings is 1. The van der Waals surface area contributed by atoms with Crippen LogP contribution in [0.2, 0.25) is 0 Å². The van der Waals surface area contributed by atoms with Gasteiger partial charge in [0.25, 0.3) is 0 Å². The molecule has 5 aromatic rings. The summed E-state index contributed by atoms with van der Waals surface area (Å²) in [5.41, 5.74) is 9.21. The molecule has 0 radical (unpaired) electrons. The molecule has 6 aliphatic rings. The molecule has 4 atom stereocenters. The summed E-state index contributed by atoms with van der Waals surface area (Å²) < 4.78 is 15.9. The fourth-order valence-electron chi connectivity index (χ4n) is 10.7. The smallest absolute Gasteiger partial charge is 0.166 e. The van der Waals surface area contributed by atoms with Gasteiger partial charge >= 0.3 is 0 Å². The summed E-state index contributed by atoms with van der Waals surface area (Å²) >= 11 is 0. The van der Waals surface area contributed by atoms with Crippen molar-refractivity contribution < 1.29 is 14.6 Å². The number of rotatable bonds is 5. The summed E-state index contributed by atoms with van der Waals surface area (Å²) in [7, 11) is 1.75. The molecule has 45 heavy (non-hydrogen) atoms. The first-order chi connectivity index (χ1) is 22.1. The Morgan fingerprint density at radius 1 is 0.956 bits per heavy atom. The van der Waals surface area contributed by atoms with E-state index in [4.69, 9.17) is 9.47 Å². The molecule has 1 spiro atoms. The van der Waals surface area contributed by atoms with Crippen molar-refractivity contribution in [1.82, 2.24) is 9.47 Å². The van der Waals surface area contributed by atoms with Gasteiger partial charge in [0.15, 0.2) is 17.6 Å². The summed E-state index contributed by atoms with van der Waals surface area (Å²) in [5.74, 6) is 2.44. The summed E-state index contributed by atoms with van der Waals surface area (Å²) in [4.78, 5) is 2.67. The molecule has 4 aliphatic carbocycles. The van der Waals surface area contributed by atoms with E-state index in [9.17, 15) is 5.11 Å². The lowest BCUT2D eigenvalue weighted by atomic mass is 9.49. The molecule has 2 aliphatic heterocycles. The average molecular weight is 595 g/mol. The van der Waals surface area contributed by atoms with Crippen LogP contribution in [0, 0.1) is 5.92 Å². The molecule has 2 fully saturated rings. The Hall–Kier alpha value is -3.80. The van der Waals surface area contributed by atoms with E-state index in [-0.39, 0.29) is 12.1 Å². The van der Waals surface area contributed by atoms with Gasteiger partial charge in [0.1, 0.15) is 0 Å². The molecule has 1 aromatic heterocycles. The summed E-state index contributed by atoms with van der Waals surface area (Å²) in [6.45, 7) is 2.88. The third kappa shape index (κ3) is 3.03. The lowest BCUT2D eigenvalue weighted by Crippen LogP contribution is -2.74. The molecule has 2 unspecified atom stereocenters. The number of nitrogens with zero attached hydrogens (tertiary/aromatic N) is 2. The maximum atomic E-state index is 13.6. The number of fused-ring (bicyclic) bond motifs is 5. The zero-order valence-corrected chi connectivity index (χ0v) is 25.8. The van der Waals surface area contributed by atoms with E-state index in [2.05, 4.69) is 76.2 Å². The van der Waals surface area contributed by atoms with E-state index in [1.807, 2.05) is 0 Å². The van der Waals surface area contributed by atoms with E-state index < -0.39 is 11.0 Å². The van der Waals surface area contributed by atoms with Crippen molar-refractivity contribution >= 4 is 21.7 Å². The number of methoxy groups -OCH3 is 1. The van der Waals surface area contributed by atoms with Crippen molar-refractivity contribution in [2.45, 2.75) is 74.7 Å². The van der Waals surface area contributed by atoms with Crippen molar-refractivity contribution in [3.63, 3.8) is 0 Å². The predicted molar refractivity (Wildman–Crippen MR) is 175 cm³/mol. The summed E-state index contributed by atoms with van der Waals surface area (Å²) in [6.07, 6.45) is 6.99. The fraction of sp³-hybridized carbons (Fsp3) is 0.400.